The molecule has 292 valence electrons. The van der Waals surface area contributed by atoms with Gasteiger partial charge in [-0.2, -0.15) is 0 Å². The van der Waals surface area contributed by atoms with Crippen LogP contribution in [0, 0.1) is 5.82 Å². The van der Waals surface area contributed by atoms with Gasteiger partial charge in [-0.15, -0.1) is 24.8 Å². The van der Waals surface area contributed by atoms with Crippen molar-refractivity contribution in [2.75, 3.05) is 57.0 Å². The van der Waals surface area contributed by atoms with Crippen LogP contribution in [-0.2, 0) is 6.54 Å². The average Bonchev–Trinajstić information content (AvgIpc) is 3.22. The summed E-state index contributed by atoms with van der Waals surface area (Å²) in [4.78, 5) is 22.4. The fourth-order valence-corrected chi connectivity index (χ4v) is 7.16. The summed E-state index contributed by atoms with van der Waals surface area (Å²) in [6.07, 6.45) is 11.2. The van der Waals surface area contributed by atoms with Crippen LogP contribution in [0.5, 0.6) is 17.2 Å². The molecule has 1 N–H and O–H groups in total. The number of nitrogens with zero attached hydrogens (tertiary/aromatic N) is 7. The van der Waals surface area contributed by atoms with E-state index in [1.54, 1.807) is 14.2 Å². The van der Waals surface area contributed by atoms with Gasteiger partial charge in [0.15, 0.2) is 11.6 Å². The summed E-state index contributed by atoms with van der Waals surface area (Å²) < 4.78 is 30.6. The number of rotatable bonds is 13. The van der Waals surface area contributed by atoms with E-state index < -0.39 is 0 Å². The number of likely N-dealkylation sites (tertiary alicyclic amines) is 1. The van der Waals surface area contributed by atoms with Crippen molar-refractivity contribution in [3.8, 4) is 39.5 Å². The number of nitrogens with one attached hydrogen (secondary N) is 1. The molecule has 5 aromatic rings. The topological polar surface area (TPSA) is 101 Å². The number of piperidine rings is 2. The predicted octanol–water partition coefficient (Wildman–Crippen LogP) is 7.64. The van der Waals surface area contributed by atoms with E-state index in [9.17, 15) is 4.39 Å². The fourth-order valence-electron chi connectivity index (χ4n) is 7.16. The van der Waals surface area contributed by atoms with E-state index in [1.165, 1.54) is 6.07 Å². The molecule has 0 aliphatic carbocycles. The highest BCUT2D eigenvalue weighted by Gasteiger charge is 2.36. The number of anilines is 2. The molecule has 2 aromatic heterocycles. The smallest absolute Gasteiger partial charge is 0.244 e. The van der Waals surface area contributed by atoms with Gasteiger partial charge in [-0.25, -0.2) is 34.3 Å². The van der Waals surface area contributed by atoms with Crippen LogP contribution in [0.25, 0.3) is 22.3 Å². The van der Waals surface area contributed by atoms with Gasteiger partial charge in [0.25, 0.3) is 0 Å². The van der Waals surface area contributed by atoms with E-state index in [2.05, 4.69) is 20.2 Å². The summed E-state index contributed by atoms with van der Waals surface area (Å²) in [6.45, 7) is 6.51. The molecule has 0 atom stereocenters. The maximum atomic E-state index is 14.3. The van der Waals surface area contributed by atoms with E-state index in [0.29, 0.717) is 30.8 Å². The third kappa shape index (κ3) is 9.93. The number of ether oxygens (including phenoxy) is 3. The van der Waals surface area contributed by atoms with E-state index in [-0.39, 0.29) is 42.7 Å². The van der Waals surface area contributed by atoms with Crippen molar-refractivity contribution in [3.05, 3.63) is 103 Å². The molecule has 2 aliphatic rings. The molecule has 4 heterocycles. The number of halogens is 3. The molecule has 2 aliphatic heterocycles. The zero-order valence-corrected chi connectivity index (χ0v) is 33.1. The van der Waals surface area contributed by atoms with Gasteiger partial charge in [0.05, 0.1) is 32.9 Å². The Hall–Kier alpha value is -4.75. The first-order valence-electron chi connectivity index (χ1n) is 18.4. The summed E-state index contributed by atoms with van der Waals surface area (Å²) >= 11 is 0. The summed E-state index contributed by atoms with van der Waals surface area (Å²) in [6, 6.07) is 21.2. The van der Waals surface area contributed by atoms with Crippen LogP contribution in [0.4, 0.5) is 16.3 Å². The molecule has 2 fully saturated rings. The molecule has 2 saturated heterocycles. The van der Waals surface area contributed by atoms with Gasteiger partial charge in [0, 0.05) is 55.5 Å². The highest BCUT2D eigenvalue weighted by Crippen LogP contribution is 2.32. The highest BCUT2D eigenvalue weighted by atomic mass is 35.5. The van der Waals surface area contributed by atoms with Gasteiger partial charge in [-0.05, 0) is 98.8 Å². The van der Waals surface area contributed by atoms with Crippen LogP contribution in [0.3, 0.4) is 0 Å². The monoisotopic (exact) mass is 790 g/mol. The van der Waals surface area contributed by atoms with Gasteiger partial charge < -0.3 is 19.5 Å². The average molecular weight is 792 g/mol. The number of benzene rings is 3. The van der Waals surface area contributed by atoms with Crippen LogP contribution in [0.1, 0.15) is 38.2 Å². The Morgan fingerprint density at radius 3 is 1.60 bits per heavy atom. The van der Waals surface area contributed by atoms with Gasteiger partial charge in [0.1, 0.15) is 11.5 Å². The SMILES string of the molecule is CCOc1cc(CN2CCC(N(c3ncc(-c4ccc(OC)cc4)cn3)N(c3ncc(-c4ccc(OC)cc4)cn3)C3CCNCC3)CC2)ccc1F.Cl.Cl. The molecule has 3 aromatic carbocycles. The lowest BCUT2D eigenvalue weighted by molar-refractivity contribution is 0.196. The number of methoxy groups -OCH3 is 2. The van der Waals surface area contributed by atoms with Crippen LogP contribution >= 0.6 is 24.8 Å². The number of hydrogen-bond acceptors (Lipinski definition) is 11. The molecule has 55 heavy (non-hydrogen) atoms. The largest absolute Gasteiger partial charge is 0.497 e. The van der Waals surface area contributed by atoms with Crippen LogP contribution in [0.2, 0.25) is 0 Å². The number of aromatic nitrogens is 4. The molecular formula is C41H49Cl2FN8O3. The lowest BCUT2D eigenvalue weighted by Gasteiger charge is -2.47. The van der Waals surface area contributed by atoms with Crippen molar-refractivity contribution in [2.45, 2.75) is 51.2 Å². The molecule has 11 nitrogen and oxygen atoms in total. The van der Waals surface area contributed by atoms with Crippen LogP contribution in [0.15, 0.2) is 91.5 Å². The molecule has 0 bridgehead atoms. The quantitative estimate of drug-likeness (QED) is 0.119. The summed E-state index contributed by atoms with van der Waals surface area (Å²) in [5.74, 6) is 2.80. The summed E-state index contributed by atoms with van der Waals surface area (Å²) in [5.41, 5.74) is 4.91. The van der Waals surface area contributed by atoms with Crippen LogP contribution in [-0.4, -0.2) is 83.9 Å². The van der Waals surface area contributed by atoms with Crippen LogP contribution < -0.4 is 29.5 Å². The van der Waals surface area contributed by atoms with Crippen molar-refractivity contribution in [3.63, 3.8) is 0 Å². The fraction of sp³-hybridized carbons (Fsp3) is 0.366. The third-order valence-electron chi connectivity index (χ3n) is 10.0. The molecule has 0 radical (unpaired) electrons. The minimum Gasteiger partial charge on any atom is -0.497 e. The normalized spacial score (nSPS) is 15.0. The Morgan fingerprint density at radius 1 is 0.673 bits per heavy atom. The molecule has 7 rings (SSSR count). The van der Waals surface area contributed by atoms with Crippen molar-refractivity contribution >= 4 is 36.7 Å². The second-order valence-electron chi connectivity index (χ2n) is 13.4. The first kappa shape index (κ1) is 41.4. The Bertz CT molecular complexity index is 1910. The number of hydrazine groups is 1. The van der Waals surface area contributed by atoms with Gasteiger partial charge in [-0.3, -0.25) is 4.90 Å². The standard InChI is InChI=1S/C41H47FN8O3.2ClH/c1-4-53-39-23-29(5-14-38(39)42)28-48-21-17-35(18-22-48)50(41-46-26-33(27-47-41)31-8-12-37(52-3)13-9-31)49(34-15-19-43-20-16-34)40-44-24-32(25-45-40)30-6-10-36(51-2)11-7-30;;/h5-14,23-27,34-35,43H,4,15-22,28H2,1-3H3;2*1H. The maximum absolute atomic E-state index is 14.3. The third-order valence-corrected chi connectivity index (χ3v) is 10.0. The molecule has 0 unspecified atom stereocenters. The Balaban J connectivity index is 0.00000290. The molecular weight excluding hydrogens is 742 g/mol. The lowest BCUT2D eigenvalue weighted by atomic mass is 10.0. The zero-order chi connectivity index (χ0) is 36.6. The molecule has 0 amide bonds. The maximum Gasteiger partial charge on any atom is 0.244 e. The molecule has 0 spiro atoms. The predicted molar refractivity (Wildman–Crippen MR) is 219 cm³/mol. The van der Waals surface area contributed by atoms with E-state index in [1.807, 2.05) is 92.4 Å². The Labute approximate surface area is 335 Å². The van der Waals surface area contributed by atoms with E-state index >= 15 is 0 Å². The van der Waals surface area contributed by atoms with Gasteiger partial charge >= 0.3 is 0 Å². The minimum absolute atomic E-state index is 0. The van der Waals surface area contributed by atoms with Crippen molar-refractivity contribution in [2.24, 2.45) is 0 Å². The first-order chi connectivity index (χ1) is 26.0. The number of hydrogen-bond donors (Lipinski definition) is 1. The van der Waals surface area contributed by atoms with E-state index in [0.717, 1.165) is 91.2 Å². The summed E-state index contributed by atoms with van der Waals surface area (Å²) in [7, 11) is 3.33. The van der Waals surface area contributed by atoms with Crippen molar-refractivity contribution in [1.29, 1.82) is 0 Å². The van der Waals surface area contributed by atoms with E-state index in [4.69, 9.17) is 34.1 Å². The lowest BCUT2D eigenvalue weighted by Crippen LogP contribution is -2.59. The van der Waals surface area contributed by atoms with Crippen molar-refractivity contribution in [1.82, 2.24) is 30.2 Å². The Morgan fingerprint density at radius 2 is 1.15 bits per heavy atom. The second kappa shape index (κ2) is 19.7. The van der Waals surface area contributed by atoms with Crippen molar-refractivity contribution < 1.29 is 18.6 Å². The van der Waals surface area contributed by atoms with Gasteiger partial charge in [-0.1, -0.05) is 30.3 Å². The second-order valence-corrected chi connectivity index (χ2v) is 13.4. The van der Waals surface area contributed by atoms with Gasteiger partial charge in [0.2, 0.25) is 11.9 Å². The molecule has 0 saturated carbocycles. The first-order valence-corrected chi connectivity index (χ1v) is 18.4. The minimum atomic E-state index is -0.333. The highest BCUT2D eigenvalue weighted by molar-refractivity contribution is 5.85. The Kier molecular flexibility index (Phi) is 14.8. The molecule has 14 heteroatoms. The summed E-state index contributed by atoms with van der Waals surface area (Å²) in [5, 5.41) is 8.04. The zero-order valence-electron chi connectivity index (χ0n) is 31.4.